The molecule has 4 nitrogen and oxygen atoms in total. The first kappa shape index (κ1) is 12.4. The van der Waals surface area contributed by atoms with Crippen molar-refractivity contribution in [1.82, 2.24) is 4.90 Å². The third-order valence-corrected chi connectivity index (χ3v) is 3.25. The number of hydrogen-bond donors (Lipinski definition) is 2. The number of aliphatic hydroxyl groups excluding tert-OH is 1. The minimum atomic E-state index is -0.567. The first-order valence-electron chi connectivity index (χ1n) is 5.13. The Hall–Kier alpha value is -0.680. The van der Waals surface area contributed by atoms with Crippen LogP contribution in [0.25, 0.3) is 0 Å². The van der Waals surface area contributed by atoms with E-state index in [0.717, 1.165) is 12.8 Å². The van der Waals surface area contributed by atoms with Crippen LogP contribution in [0.1, 0.15) is 26.2 Å². The molecule has 0 bridgehead atoms. The third-order valence-electron chi connectivity index (χ3n) is 2.86. The number of hydrogen-bond acceptors (Lipinski definition) is 3. The van der Waals surface area contributed by atoms with Gasteiger partial charge < -0.3 is 15.7 Å². The third kappa shape index (κ3) is 2.66. The molecule has 0 saturated heterocycles. The van der Waals surface area contributed by atoms with Crippen molar-refractivity contribution in [3.8, 4) is 0 Å². The fourth-order valence-electron chi connectivity index (χ4n) is 1.54. The summed E-state index contributed by atoms with van der Waals surface area (Å²) in [6, 6.07) is 0. The smallest absolute Gasteiger partial charge is 0.235 e. The van der Waals surface area contributed by atoms with Gasteiger partial charge in [-0.15, -0.1) is 0 Å². The molecule has 1 aliphatic rings. The highest BCUT2D eigenvalue weighted by molar-refractivity contribution is 7.80. The van der Waals surface area contributed by atoms with Gasteiger partial charge in [-0.2, -0.15) is 0 Å². The summed E-state index contributed by atoms with van der Waals surface area (Å²) in [7, 11) is 1.73. The average Bonchev–Trinajstić information content (AvgIpc) is 2.93. The van der Waals surface area contributed by atoms with E-state index in [1.54, 1.807) is 18.9 Å². The predicted octanol–water partition coefficient (Wildman–Crippen LogP) is 0.282. The summed E-state index contributed by atoms with van der Waals surface area (Å²) in [5.41, 5.74) is 5.00. The van der Waals surface area contributed by atoms with E-state index in [1.165, 1.54) is 0 Å². The number of aliphatic hydroxyl groups is 1. The van der Waals surface area contributed by atoms with Gasteiger partial charge in [-0.05, 0) is 26.2 Å². The molecule has 1 amide bonds. The van der Waals surface area contributed by atoms with Gasteiger partial charge in [-0.1, -0.05) is 12.2 Å². The summed E-state index contributed by atoms with van der Waals surface area (Å²) in [6.45, 7) is 2.25. The summed E-state index contributed by atoms with van der Waals surface area (Å²) >= 11 is 4.91. The molecule has 15 heavy (non-hydrogen) atoms. The fourth-order valence-corrected chi connectivity index (χ4v) is 1.83. The van der Waals surface area contributed by atoms with Crippen molar-refractivity contribution >= 4 is 23.1 Å². The molecule has 0 aromatic carbocycles. The van der Waals surface area contributed by atoms with Crippen molar-refractivity contribution in [2.24, 2.45) is 11.1 Å². The van der Waals surface area contributed by atoms with Gasteiger partial charge in [0, 0.05) is 13.6 Å². The first-order chi connectivity index (χ1) is 6.90. The van der Waals surface area contributed by atoms with Crippen LogP contribution in [-0.4, -0.2) is 40.6 Å². The molecular weight excluding hydrogens is 212 g/mol. The fraction of sp³-hybridized carbons (Fsp3) is 0.800. The summed E-state index contributed by atoms with van der Waals surface area (Å²) in [5.74, 6) is -0.00403. The molecule has 0 aliphatic heterocycles. The first-order valence-corrected chi connectivity index (χ1v) is 5.54. The topological polar surface area (TPSA) is 66.6 Å². The maximum Gasteiger partial charge on any atom is 0.235 e. The molecule has 3 N–H and O–H groups in total. The lowest BCUT2D eigenvalue weighted by molar-refractivity contribution is -0.133. The van der Waals surface area contributed by atoms with E-state index >= 15 is 0 Å². The zero-order valence-electron chi connectivity index (χ0n) is 9.19. The van der Waals surface area contributed by atoms with Crippen LogP contribution in [0.4, 0.5) is 0 Å². The van der Waals surface area contributed by atoms with E-state index in [0.29, 0.717) is 18.0 Å². The lowest BCUT2D eigenvalue weighted by atomic mass is 10.1. The summed E-state index contributed by atoms with van der Waals surface area (Å²) in [6.07, 6.45) is 1.72. The number of thiocarbonyl (C=S) groups is 1. The Bertz CT molecular complexity index is 275. The molecular formula is C10H18N2O2S. The number of carbonyl (C=O) groups is 1. The maximum absolute atomic E-state index is 12.0. The monoisotopic (exact) mass is 230 g/mol. The van der Waals surface area contributed by atoms with E-state index in [9.17, 15) is 4.79 Å². The van der Waals surface area contributed by atoms with Gasteiger partial charge in [0.1, 0.15) is 0 Å². The summed E-state index contributed by atoms with van der Waals surface area (Å²) < 4.78 is 0. The summed E-state index contributed by atoms with van der Waals surface area (Å²) in [4.78, 5) is 13.9. The molecule has 5 heteroatoms. The van der Waals surface area contributed by atoms with Crippen molar-refractivity contribution in [2.45, 2.75) is 32.3 Å². The Morgan fingerprint density at radius 2 is 2.20 bits per heavy atom. The summed E-state index contributed by atoms with van der Waals surface area (Å²) in [5, 5.41) is 9.12. The minimum Gasteiger partial charge on any atom is -0.393 e. The van der Waals surface area contributed by atoms with Gasteiger partial charge in [0.25, 0.3) is 0 Å². The molecule has 0 spiro atoms. The van der Waals surface area contributed by atoms with E-state index in [2.05, 4.69) is 0 Å². The van der Waals surface area contributed by atoms with Crippen molar-refractivity contribution < 1.29 is 9.90 Å². The van der Waals surface area contributed by atoms with Gasteiger partial charge in [0.05, 0.1) is 16.5 Å². The molecule has 0 aromatic heterocycles. The molecule has 0 heterocycles. The van der Waals surface area contributed by atoms with E-state index in [-0.39, 0.29) is 12.0 Å². The zero-order chi connectivity index (χ0) is 11.6. The lowest BCUT2D eigenvalue weighted by Crippen LogP contribution is -2.41. The van der Waals surface area contributed by atoms with Gasteiger partial charge in [0.15, 0.2) is 0 Å². The normalized spacial score (nSPS) is 19.4. The van der Waals surface area contributed by atoms with E-state index < -0.39 is 5.41 Å². The quantitative estimate of drug-likeness (QED) is 0.666. The van der Waals surface area contributed by atoms with Crippen molar-refractivity contribution in [3.05, 3.63) is 0 Å². The molecule has 0 radical (unpaired) electrons. The van der Waals surface area contributed by atoms with E-state index in [4.69, 9.17) is 23.1 Å². The Morgan fingerprint density at radius 1 is 1.67 bits per heavy atom. The van der Waals surface area contributed by atoms with Crippen molar-refractivity contribution in [2.75, 3.05) is 13.6 Å². The average molecular weight is 230 g/mol. The standard InChI is InChI=1S/C10H18N2O2S/c1-7(13)3-6-12(2)9(14)10(4-5-10)8(11)15/h7,13H,3-6H2,1-2H3,(H2,11,15). The van der Waals surface area contributed by atoms with E-state index in [1.807, 2.05) is 0 Å². The van der Waals surface area contributed by atoms with Crippen LogP contribution in [-0.2, 0) is 4.79 Å². The van der Waals surface area contributed by atoms with Crippen molar-refractivity contribution in [3.63, 3.8) is 0 Å². The molecule has 86 valence electrons. The molecule has 1 fully saturated rings. The predicted molar refractivity (Wildman–Crippen MR) is 62.4 cm³/mol. The van der Waals surface area contributed by atoms with Crippen LogP contribution < -0.4 is 5.73 Å². The number of amides is 1. The van der Waals surface area contributed by atoms with Crippen LogP contribution in [0.5, 0.6) is 0 Å². The Morgan fingerprint density at radius 3 is 2.53 bits per heavy atom. The molecule has 1 unspecified atom stereocenters. The highest BCUT2D eigenvalue weighted by Crippen LogP contribution is 2.47. The molecule has 1 rings (SSSR count). The number of carbonyl (C=O) groups excluding carboxylic acids is 1. The Labute approximate surface area is 95.4 Å². The van der Waals surface area contributed by atoms with Crippen molar-refractivity contribution in [1.29, 1.82) is 0 Å². The Balaban J connectivity index is 2.50. The zero-order valence-corrected chi connectivity index (χ0v) is 10.0. The van der Waals surface area contributed by atoms with Gasteiger partial charge in [-0.25, -0.2) is 0 Å². The van der Waals surface area contributed by atoms with Crippen LogP contribution in [0.15, 0.2) is 0 Å². The maximum atomic E-state index is 12.0. The number of nitrogens with zero attached hydrogens (tertiary/aromatic N) is 1. The number of rotatable bonds is 5. The molecule has 0 aromatic rings. The number of nitrogens with two attached hydrogens (primary N) is 1. The second-order valence-corrected chi connectivity index (χ2v) is 4.75. The molecule has 1 aliphatic carbocycles. The SMILES string of the molecule is CC(O)CCN(C)C(=O)C1(C(N)=S)CC1. The van der Waals surface area contributed by atoms with Crippen LogP contribution in [0.2, 0.25) is 0 Å². The second-order valence-electron chi connectivity index (χ2n) is 4.31. The Kier molecular flexibility index (Phi) is 3.67. The van der Waals surface area contributed by atoms with Gasteiger partial charge in [-0.3, -0.25) is 4.79 Å². The van der Waals surface area contributed by atoms with Crippen LogP contribution in [0.3, 0.4) is 0 Å². The van der Waals surface area contributed by atoms with Crippen LogP contribution >= 0.6 is 12.2 Å². The largest absolute Gasteiger partial charge is 0.393 e. The molecule has 1 atom stereocenters. The lowest BCUT2D eigenvalue weighted by Gasteiger charge is -2.23. The molecule has 1 saturated carbocycles. The van der Waals surface area contributed by atoms with Gasteiger partial charge in [0.2, 0.25) is 5.91 Å². The second kappa shape index (κ2) is 4.45. The van der Waals surface area contributed by atoms with Gasteiger partial charge >= 0.3 is 0 Å². The highest BCUT2D eigenvalue weighted by Gasteiger charge is 2.53. The van der Waals surface area contributed by atoms with Crippen LogP contribution in [0, 0.1) is 5.41 Å². The minimum absolute atomic E-state index is 0.00403. The highest BCUT2D eigenvalue weighted by atomic mass is 32.1.